The van der Waals surface area contributed by atoms with Crippen molar-refractivity contribution in [3.05, 3.63) is 58.1 Å². The highest BCUT2D eigenvalue weighted by molar-refractivity contribution is 8.13. The zero-order chi connectivity index (χ0) is 17.5. The molecule has 2 aromatic rings. The van der Waals surface area contributed by atoms with Crippen LogP contribution in [0.4, 0.5) is 11.4 Å². The summed E-state index contributed by atoms with van der Waals surface area (Å²) in [5, 5.41) is 22.7. The first-order valence-corrected chi connectivity index (χ1v) is 8.87. The Morgan fingerprint density at radius 1 is 1.25 bits per heavy atom. The van der Waals surface area contributed by atoms with Gasteiger partial charge in [-0.15, -0.1) is 0 Å². The van der Waals surface area contributed by atoms with Gasteiger partial charge < -0.3 is 0 Å². The highest BCUT2D eigenvalue weighted by Crippen LogP contribution is 2.34. The van der Waals surface area contributed by atoms with Gasteiger partial charge in [-0.25, -0.2) is 4.99 Å². The van der Waals surface area contributed by atoms with E-state index < -0.39 is 4.92 Å². The molecule has 2 rings (SSSR count). The van der Waals surface area contributed by atoms with Gasteiger partial charge in [0.2, 0.25) is 0 Å². The number of nitrogens with one attached hydrogen (secondary N) is 1. The lowest BCUT2D eigenvalue weighted by atomic mass is 10.2. The van der Waals surface area contributed by atoms with Gasteiger partial charge in [0, 0.05) is 21.9 Å². The summed E-state index contributed by atoms with van der Waals surface area (Å²) in [6.07, 6.45) is 3.56. The van der Waals surface area contributed by atoms with E-state index in [2.05, 4.69) is 10.3 Å². The molecule has 0 aromatic heterocycles. The number of nitriles is 1. The number of nitro benzene ring substituents is 1. The molecule has 0 atom stereocenters. The third kappa shape index (κ3) is 5.01. The Bertz CT molecular complexity index is 814. The summed E-state index contributed by atoms with van der Waals surface area (Å²) in [5.74, 6) is 0. The molecule has 0 aliphatic heterocycles. The van der Waals surface area contributed by atoms with Crippen LogP contribution < -0.4 is 5.32 Å². The molecular weight excluding hydrogens is 344 g/mol. The predicted octanol–water partition coefficient (Wildman–Crippen LogP) is 4.48. The molecule has 0 saturated carbocycles. The molecule has 6 nitrogen and oxygen atoms in total. The van der Waals surface area contributed by atoms with E-state index in [4.69, 9.17) is 5.26 Å². The van der Waals surface area contributed by atoms with Gasteiger partial charge in [-0.1, -0.05) is 41.2 Å². The van der Waals surface area contributed by atoms with Gasteiger partial charge in [-0.3, -0.25) is 15.4 Å². The highest BCUT2D eigenvalue weighted by Gasteiger charge is 2.11. The molecule has 0 bridgehead atoms. The molecule has 0 spiro atoms. The number of aliphatic imine (C=N–C) groups is 1. The van der Waals surface area contributed by atoms with Gasteiger partial charge >= 0.3 is 0 Å². The fourth-order valence-corrected chi connectivity index (χ4v) is 3.08. The minimum atomic E-state index is -0.450. The number of hydrogen-bond donors (Lipinski definition) is 1. The number of nitro groups is 1. The first kappa shape index (κ1) is 17.8. The molecule has 0 unspecified atom stereocenters. The van der Waals surface area contributed by atoms with E-state index in [9.17, 15) is 10.1 Å². The van der Waals surface area contributed by atoms with Crippen LogP contribution >= 0.6 is 23.5 Å². The Labute approximate surface area is 148 Å². The molecule has 0 saturated heterocycles. The molecule has 8 heteroatoms. The van der Waals surface area contributed by atoms with Crippen LogP contribution in [0.3, 0.4) is 0 Å². The lowest BCUT2D eigenvalue weighted by molar-refractivity contribution is -0.385. The Kier molecular flexibility index (Phi) is 6.23. The van der Waals surface area contributed by atoms with Crippen molar-refractivity contribution < 1.29 is 4.92 Å². The van der Waals surface area contributed by atoms with Crippen molar-refractivity contribution in [1.29, 1.82) is 5.26 Å². The third-order valence-corrected chi connectivity index (χ3v) is 4.49. The monoisotopic (exact) mass is 358 g/mol. The summed E-state index contributed by atoms with van der Waals surface area (Å²) >= 11 is 2.68. The number of amidine groups is 1. The summed E-state index contributed by atoms with van der Waals surface area (Å²) in [7, 11) is 0. The lowest BCUT2D eigenvalue weighted by Gasteiger charge is -2.05. The zero-order valence-electron chi connectivity index (χ0n) is 13.0. The van der Waals surface area contributed by atoms with Crippen LogP contribution in [-0.2, 0) is 0 Å². The number of nitrogens with zero attached hydrogens (tertiary/aromatic N) is 3. The van der Waals surface area contributed by atoms with Gasteiger partial charge in [0.1, 0.15) is 0 Å². The van der Waals surface area contributed by atoms with Crippen molar-refractivity contribution in [3.63, 3.8) is 0 Å². The Morgan fingerprint density at radius 3 is 2.54 bits per heavy atom. The minimum Gasteiger partial charge on any atom is -0.271 e. The van der Waals surface area contributed by atoms with Crippen molar-refractivity contribution in [2.75, 3.05) is 6.26 Å². The smallest absolute Gasteiger partial charge is 0.271 e. The second kappa shape index (κ2) is 8.38. The highest BCUT2D eigenvalue weighted by atomic mass is 32.2. The summed E-state index contributed by atoms with van der Waals surface area (Å²) < 4.78 is 0. The van der Waals surface area contributed by atoms with E-state index in [-0.39, 0.29) is 5.69 Å². The average molecular weight is 358 g/mol. The molecule has 0 aliphatic carbocycles. The second-order valence-electron chi connectivity index (χ2n) is 4.72. The van der Waals surface area contributed by atoms with Gasteiger partial charge in [0.05, 0.1) is 10.6 Å². The summed E-state index contributed by atoms with van der Waals surface area (Å²) in [5.41, 5.74) is 1.53. The SMILES string of the molecule is CSC(=Nc1cc(Sc2ccc(C)cc2)cc([N+](=O)[O-])c1)NC#N. The van der Waals surface area contributed by atoms with E-state index in [1.165, 1.54) is 35.7 Å². The predicted molar refractivity (Wildman–Crippen MR) is 97.8 cm³/mol. The van der Waals surface area contributed by atoms with E-state index in [0.717, 1.165) is 10.5 Å². The summed E-state index contributed by atoms with van der Waals surface area (Å²) in [6, 6.07) is 12.6. The van der Waals surface area contributed by atoms with Crippen LogP contribution in [0.15, 0.2) is 57.2 Å². The van der Waals surface area contributed by atoms with Crippen LogP contribution in [0.2, 0.25) is 0 Å². The molecule has 0 aliphatic rings. The molecule has 0 radical (unpaired) electrons. The largest absolute Gasteiger partial charge is 0.272 e. The maximum absolute atomic E-state index is 11.2. The molecule has 1 N–H and O–H groups in total. The van der Waals surface area contributed by atoms with E-state index in [1.54, 1.807) is 18.5 Å². The second-order valence-corrected chi connectivity index (χ2v) is 6.66. The maximum atomic E-state index is 11.2. The molecule has 2 aromatic carbocycles. The molecule has 0 heterocycles. The van der Waals surface area contributed by atoms with Crippen LogP contribution in [0.25, 0.3) is 0 Å². The van der Waals surface area contributed by atoms with Gasteiger partial charge in [0.15, 0.2) is 11.4 Å². The van der Waals surface area contributed by atoms with Gasteiger partial charge in [-0.05, 0) is 31.4 Å². The number of rotatable bonds is 4. The Balaban J connectivity index is 2.39. The maximum Gasteiger partial charge on any atom is 0.272 e. The van der Waals surface area contributed by atoms with Crippen molar-refractivity contribution in [2.45, 2.75) is 16.7 Å². The van der Waals surface area contributed by atoms with Gasteiger partial charge in [0.25, 0.3) is 5.69 Å². The van der Waals surface area contributed by atoms with E-state index >= 15 is 0 Å². The third-order valence-electron chi connectivity index (χ3n) is 2.93. The standard InChI is InChI=1S/C16H14N4O2S2/c1-11-3-5-14(6-4-11)24-15-8-12(7-13(9-15)20(21)22)19-16(23-2)18-10-17/h3-9H,1-2H3,(H,18,19). The Hall–Kier alpha value is -2.50. The lowest BCUT2D eigenvalue weighted by Crippen LogP contribution is -2.12. The topological polar surface area (TPSA) is 91.3 Å². The molecule has 0 fully saturated rings. The fraction of sp³-hybridized carbons (Fsp3) is 0.125. The molecular formula is C16H14N4O2S2. The summed E-state index contributed by atoms with van der Waals surface area (Å²) in [4.78, 5) is 16.7. The van der Waals surface area contributed by atoms with Crippen molar-refractivity contribution in [1.82, 2.24) is 5.32 Å². The number of thioether (sulfide) groups is 1. The van der Waals surface area contributed by atoms with Crippen molar-refractivity contribution in [2.24, 2.45) is 4.99 Å². The average Bonchev–Trinajstić information content (AvgIpc) is 2.56. The van der Waals surface area contributed by atoms with Crippen LogP contribution in [0.5, 0.6) is 0 Å². The molecule has 0 amide bonds. The van der Waals surface area contributed by atoms with E-state index in [0.29, 0.717) is 15.8 Å². The van der Waals surface area contributed by atoms with Crippen molar-refractivity contribution in [3.8, 4) is 6.19 Å². The fourth-order valence-electron chi connectivity index (χ4n) is 1.83. The minimum absolute atomic E-state index is 0.0386. The van der Waals surface area contributed by atoms with Crippen LogP contribution in [0.1, 0.15) is 5.56 Å². The van der Waals surface area contributed by atoms with Crippen LogP contribution in [-0.4, -0.2) is 16.3 Å². The van der Waals surface area contributed by atoms with Crippen LogP contribution in [0, 0.1) is 28.5 Å². The molecule has 24 heavy (non-hydrogen) atoms. The number of hydrogen-bond acceptors (Lipinski definition) is 6. The zero-order valence-corrected chi connectivity index (χ0v) is 14.6. The first-order chi connectivity index (χ1) is 11.5. The van der Waals surface area contributed by atoms with Crippen molar-refractivity contribution >= 4 is 40.1 Å². The molecule has 122 valence electrons. The number of benzene rings is 2. The quantitative estimate of drug-likeness (QED) is 0.216. The first-order valence-electron chi connectivity index (χ1n) is 6.83. The summed E-state index contributed by atoms with van der Waals surface area (Å²) in [6.45, 7) is 2.00. The van der Waals surface area contributed by atoms with Gasteiger partial charge in [-0.2, -0.15) is 5.26 Å². The normalized spacial score (nSPS) is 11.0. The Morgan fingerprint density at radius 2 is 1.96 bits per heavy atom. The van der Waals surface area contributed by atoms with E-state index in [1.807, 2.05) is 31.2 Å². The number of non-ortho nitro benzene ring substituents is 1. The number of aryl methyl sites for hydroxylation is 1.